The Kier molecular flexibility index (Phi) is 4.14. The lowest BCUT2D eigenvalue weighted by Crippen LogP contribution is -2.14. The maximum Gasteiger partial charge on any atom is 0.263 e. The quantitative estimate of drug-likeness (QED) is 0.932. The van der Waals surface area contributed by atoms with Crippen molar-refractivity contribution in [1.82, 2.24) is 4.98 Å². The SMILES string of the molecule is COc1cccc(OC)c1C(=O)Nc1cncc(F)c1. The predicted octanol–water partition coefficient (Wildman–Crippen LogP) is 2.49. The summed E-state index contributed by atoms with van der Waals surface area (Å²) in [7, 11) is 2.91. The van der Waals surface area contributed by atoms with Crippen molar-refractivity contribution in [2.75, 3.05) is 19.5 Å². The van der Waals surface area contributed by atoms with E-state index in [2.05, 4.69) is 10.3 Å². The summed E-state index contributed by atoms with van der Waals surface area (Å²) in [6.45, 7) is 0. The highest BCUT2D eigenvalue weighted by Gasteiger charge is 2.18. The molecule has 6 heteroatoms. The number of nitrogens with one attached hydrogen (secondary N) is 1. The number of pyridine rings is 1. The topological polar surface area (TPSA) is 60.5 Å². The molecular weight excluding hydrogens is 263 g/mol. The van der Waals surface area contributed by atoms with E-state index >= 15 is 0 Å². The summed E-state index contributed by atoms with van der Waals surface area (Å²) in [4.78, 5) is 15.9. The fraction of sp³-hybridized carbons (Fsp3) is 0.143. The fourth-order valence-electron chi connectivity index (χ4n) is 1.75. The van der Waals surface area contributed by atoms with Gasteiger partial charge in [-0.15, -0.1) is 0 Å². The normalized spacial score (nSPS) is 9.95. The molecule has 0 fully saturated rings. The lowest BCUT2D eigenvalue weighted by molar-refractivity contribution is 0.102. The van der Waals surface area contributed by atoms with Crippen molar-refractivity contribution in [1.29, 1.82) is 0 Å². The third-order valence-electron chi connectivity index (χ3n) is 2.62. The number of anilines is 1. The van der Waals surface area contributed by atoms with Crippen molar-refractivity contribution in [2.24, 2.45) is 0 Å². The van der Waals surface area contributed by atoms with Gasteiger partial charge in [-0.3, -0.25) is 9.78 Å². The van der Waals surface area contributed by atoms with Crippen LogP contribution in [0.15, 0.2) is 36.7 Å². The third-order valence-corrected chi connectivity index (χ3v) is 2.62. The van der Waals surface area contributed by atoms with Crippen LogP contribution >= 0.6 is 0 Å². The van der Waals surface area contributed by atoms with Crippen LogP contribution in [-0.2, 0) is 0 Å². The molecule has 1 aromatic carbocycles. The molecule has 0 saturated heterocycles. The highest BCUT2D eigenvalue weighted by molar-refractivity contribution is 6.08. The van der Waals surface area contributed by atoms with Gasteiger partial charge in [0.05, 0.1) is 32.3 Å². The Morgan fingerprint density at radius 1 is 1.20 bits per heavy atom. The Hall–Kier alpha value is -2.63. The van der Waals surface area contributed by atoms with Crippen molar-refractivity contribution < 1.29 is 18.7 Å². The molecule has 5 nitrogen and oxygen atoms in total. The largest absolute Gasteiger partial charge is 0.496 e. The molecule has 0 bridgehead atoms. The van der Waals surface area contributed by atoms with Crippen molar-refractivity contribution in [3.8, 4) is 11.5 Å². The van der Waals surface area contributed by atoms with Gasteiger partial charge in [0.1, 0.15) is 22.9 Å². The van der Waals surface area contributed by atoms with Gasteiger partial charge in [-0.25, -0.2) is 4.39 Å². The first-order valence-electron chi connectivity index (χ1n) is 5.78. The molecule has 0 atom stereocenters. The average molecular weight is 276 g/mol. The van der Waals surface area contributed by atoms with E-state index in [1.165, 1.54) is 26.5 Å². The van der Waals surface area contributed by atoms with Gasteiger partial charge in [-0.1, -0.05) is 6.07 Å². The highest BCUT2D eigenvalue weighted by atomic mass is 19.1. The van der Waals surface area contributed by atoms with E-state index in [-0.39, 0.29) is 11.3 Å². The van der Waals surface area contributed by atoms with Crippen LogP contribution in [0.25, 0.3) is 0 Å². The van der Waals surface area contributed by atoms with E-state index in [1.807, 2.05) is 0 Å². The lowest BCUT2D eigenvalue weighted by Gasteiger charge is -2.12. The summed E-state index contributed by atoms with van der Waals surface area (Å²) in [5.74, 6) is -0.265. The maximum atomic E-state index is 13.0. The Morgan fingerprint density at radius 2 is 1.85 bits per heavy atom. The van der Waals surface area contributed by atoms with Crippen molar-refractivity contribution in [3.63, 3.8) is 0 Å². The summed E-state index contributed by atoms with van der Waals surface area (Å²) in [5, 5.41) is 2.55. The van der Waals surface area contributed by atoms with E-state index < -0.39 is 11.7 Å². The minimum Gasteiger partial charge on any atom is -0.496 e. The second-order valence-electron chi connectivity index (χ2n) is 3.88. The molecule has 1 heterocycles. The van der Waals surface area contributed by atoms with Gasteiger partial charge in [-0.2, -0.15) is 0 Å². The van der Waals surface area contributed by atoms with E-state index in [4.69, 9.17) is 9.47 Å². The predicted molar refractivity (Wildman–Crippen MR) is 71.7 cm³/mol. The number of ether oxygens (including phenoxy) is 2. The first kappa shape index (κ1) is 13.8. The minimum atomic E-state index is -0.533. The number of carbonyl (C=O) groups excluding carboxylic acids is 1. The van der Waals surface area contributed by atoms with Crippen molar-refractivity contribution >= 4 is 11.6 Å². The van der Waals surface area contributed by atoms with Crippen LogP contribution in [0.1, 0.15) is 10.4 Å². The van der Waals surface area contributed by atoms with E-state index in [0.29, 0.717) is 11.5 Å². The number of nitrogens with zero attached hydrogens (tertiary/aromatic N) is 1. The van der Waals surface area contributed by atoms with Crippen LogP contribution in [-0.4, -0.2) is 25.1 Å². The van der Waals surface area contributed by atoms with E-state index in [0.717, 1.165) is 6.20 Å². The second-order valence-corrected chi connectivity index (χ2v) is 3.88. The van der Waals surface area contributed by atoms with Crippen LogP contribution in [0, 0.1) is 5.82 Å². The smallest absolute Gasteiger partial charge is 0.263 e. The molecule has 20 heavy (non-hydrogen) atoms. The molecule has 0 saturated carbocycles. The van der Waals surface area contributed by atoms with Crippen LogP contribution in [0.4, 0.5) is 10.1 Å². The lowest BCUT2D eigenvalue weighted by atomic mass is 10.1. The number of methoxy groups -OCH3 is 2. The summed E-state index contributed by atoms with van der Waals surface area (Å²) in [5.41, 5.74) is 0.490. The monoisotopic (exact) mass is 276 g/mol. The van der Waals surface area contributed by atoms with Crippen LogP contribution in [0.3, 0.4) is 0 Å². The number of amides is 1. The zero-order chi connectivity index (χ0) is 14.5. The molecular formula is C14H13FN2O3. The van der Waals surface area contributed by atoms with Crippen LogP contribution in [0.2, 0.25) is 0 Å². The first-order chi connectivity index (χ1) is 9.65. The first-order valence-corrected chi connectivity index (χ1v) is 5.78. The Bertz CT molecular complexity index is 609. The number of rotatable bonds is 4. The second kappa shape index (κ2) is 6.01. The molecule has 0 aliphatic carbocycles. The molecule has 0 unspecified atom stereocenters. The number of carbonyl (C=O) groups is 1. The summed E-state index contributed by atoms with van der Waals surface area (Å²) >= 11 is 0. The molecule has 104 valence electrons. The van der Waals surface area contributed by atoms with Crippen LogP contribution < -0.4 is 14.8 Å². The minimum absolute atomic E-state index is 0.238. The standard InChI is InChI=1S/C14H13FN2O3/c1-19-11-4-3-5-12(20-2)13(11)14(18)17-10-6-9(15)7-16-8-10/h3-8H,1-2H3,(H,17,18). The number of hydrogen-bond acceptors (Lipinski definition) is 4. The van der Waals surface area contributed by atoms with Crippen molar-refractivity contribution in [2.45, 2.75) is 0 Å². The highest BCUT2D eigenvalue weighted by Crippen LogP contribution is 2.28. The Morgan fingerprint density at radius 3 is 2.40 bits per heavy atom. The fourth-order valence-corrected chi connectivity index (χ4v) is 1.75. The molecule has 2 aromatic rings. The van der Waals surface area contributed by atoms with Gasteiger partial charge in [-0.05, 0) is 12.1 Å². The average Bonchev–Trinajstić information content (AvgIpc) is 2.46. The Balaban J connectivity index is 2.33. The van der Waals surface area contributed by atoms with Crippen LogP contribution in [0.5, 0.6) is 11.5 Å². The molecule has 0 spiro atoms. The number of aromatic nitrogens is 1. The summed E-state index contributed by atoms with van der Waals surface area (Å²) in [6.07, 6.45) is 2.40. The van der Waals surface area contributed by atoms with Gasteiger partial charge < -0.3 is 14.8 Å². The Labute approximate surface area is 115 Å². The zero-order valence-electron chi connectivity index (χ0n) is 11.0. The van der Waals surface area contributed by atoms with Gasteiger partial charge >= 0.3 is 0 Å². The molecule has 2 rings (SSSR count). The number of halogens is 1. The summed E-state index contributed by atoms with van der Waals surface area (Å²) < 4.78 is 23.3. The molecule has 0 radical (unpaired) electrons. The molecule has 0 aliphatic heterocycles. The van der Waals surface area contributed by atoms with E-state index in [9.17, 15) is 9.18 Å². The summed E-state index contributed by atoms with van der Waals surface area (Å²) in [6, 6.07) is 6.16. The molecule has 1 N–H and O–H groups in total. The molecule has 0 aliphatic rings. The molecule has 1 aromatic heterocycles. The third kappa shape index (κ3) is 2.85. The van der Waals surface area contributed by atoms with Gasteiger partial charge in [0.25, 0.3) is 5.91 Å². The van der Waals surface area contributed by atoms with E-state index in [1.54, 1.807) is 18.2 Å². The maximum absolute atomic E-state index is 13.0. The van der Waals surface area contributed by atoms with Gasteiger partial charge in [0.15, 0.2) is 0 Å². The zero-order valence-corrected chi connectivity index (χ0v) is 11.0. The number of benzene rings is 1. The van der Waals surface area contributed by atoms with Gasteiger partial charge in [0.2, 0.25) is 0 Å². The molecule has 1 amide bonds. The van der Waals surface area contributed by atoms with Gasteiger partial charge in [0, 0.05) is 6.07 Å². The number of hydrogen-bond donors (Lipinski definition) is 1. The van der Waals surface area contributed by atoms with Crippen molar-refractivity contribution in [3.05, 3.63) is 48.0 Å².